The highest BCUT2D eigenvalue weighted by atomic mass is 16.5. The van der Waals surface area contributed by atoms with E-state index >= 15 is 0 Å². The van der Waals surface area contributed by atoms with E-state index in [1.807, 2.05) is 6.20 Å². The average Bonchev–Trinajstić information content (AvgIpc) is 2.84. The molecule has 2 aromatic rings. The molecule has 0 aliphatic heterocycles. The predicted octanol–water partition coefficient (Wildman–Crippen LogP) is 9.69. The van der Waals surface area contributed by atoms with Crippen LogP contribution in [0.4, 0.5) is 0 Å². The van der Waals surface area contributed by atoms with Crippen LogP contribution in [0.1, 0.15) is 143 Å². The molecule has 192 valence electrons. The van der Waals surface area contributed by atoms with Crippen molar-refractivity contribution in [3.05, 3.63) is 29.6 Å². The molecule has 1 aromatic carbocycles. The van der Waals surface area contributed by atoms with Crippen molar-refractivity contribution in [3.63, 3.8) is 0 Å². The van der Waals surface area contributed by atoms with Crippen LogP contribution in [-0.2, 0) is 10.8 Å². The summed E-state index contributed by atoms with van der Waals surface area (Å²) in [6, 6.07) is 4.56. The summed E-state index contributed by atoms with van der Waals surface area (Å²) in [5.74, 6) is 0.873. The van der Waals surface area contributed by atoms with E-state index in [4.69, 9.17) is 14.7 Å². The fourth-order valence-electron chi connectivity index (χ4n) is 5.14. The quantitative estimate of drug-likeness (QED) is 0.217. The fraction of sp³-hybridized carbons (Fsp3) is 0.742. The first-order valence-corrected chi connectivity index (χ1v) is 14.2. The second-order valence-electron chi connectivity index (χ2n) is 11.3. The Hall–Kier alpha value is -1.64. The molecule has 3 heteroatoms. The lowest BCUT2D eigenvalue weighted by Gasteiger charge is -2.31. The Morgan fingerprint density at radius 2 is 1.32 bits per heavy atom. The van der Waals surface area contributed by atoms with Crippen LogP contribution in [0.15, 0.2) is 18.3 Å². The van der Waals surface area contributed by atoms with Gasteiger partial charge in [0.1, 0.15) is 11.3 Å². The molecule has 0 aliphatic carbocycles. The number of benzene rings is 1. The topological polar surface area (TPSA) is 35.0 Å². The van der Waals surface area contributed by atoms with Gasteiger partial charge in [-0.1, -0.05) is 112 Å². The molecule has 2 rings (SSSR count). The number of hydrogen-bond donors (Lipinski definition) is 0. The van der Waals surface area contributed by atoms with Gasteiger partial charge < -0.3 is 4.74 Å². The second kappa shape index (κ2) is 14.0. The second-order valence-corrected chi connectivity index (χ2v) is 11.3. The lowest BCUT2D eigenvalue weighted by atomic mass is 9.74. The first-order chi connectivity index (χ1) is 16.3. The molecule has 1 unspecified atom stereocenters. The number of methoxy groups -OCH3 is 1. The van der Waals surface area contributed by atoms with E-state index in [9.17, 15) is 0 Å². The Kier molecular flexibility index (Phi) is 11.8. The molecule has 0 amide bonds. The minimum absolute atomic E-state index is 0.0206. The molecule has 0 radical (unpaired) electrons. The van der Waals surface area contributed by atoms with E-state index < -0.39 is 0 Å². The highest BCUT2D eigenvalue weighted by Crippen LogP contribution is 2.39. The third kappa shape index (κ3) is 7.95. The smallest absolute Gasteiger partial charge is 0.147 e. The van der Waals surface area contributed by atoms with Crippen LogP contribution in [0.25, 0.3) is 11.0 Å². The zero-order valence-electron chi connectivity index (χ0n) is 23.4. The number of rotatable bonds is 17. The largest absolute Gasteiger partial charge is 0.494 e. The summed E-state index contributed by atoms with van der Waals surface area (Å²) in [7, 11) is 1.77. The van der Waals surface area contributed by atoms with E-state index in [2.05, 4.69) is 53.7 Å². The Balaban J connectivity index is 2.33. The Morgan fingerprint density at radius 1 is 0.735 bits per heavy atom. The van der Waals surface area contributed by atoms with Crippen LogP contribution in [0.5, 0.6) is 5.75 Å². The van der Waals surface area contributed by atoms with Crippen molar-refractivity contribution < 1.29 is 4.74 Å². The molecular formula is C31H52N2O. The van der Waals surface area contributed by atoms with E-state index in [-0.39, 0.29) is 10.8 Å². The van der Waals surface area contributed by atoms with Gasteiger partial charge >= 0.3 is 0 Å². The summed E-state index contributed by atoms with van der Waals surface area (Å²) in [5, 5.41) is 0. The van der Waals surface area contributed by atoms with E-state index in [1.165, 1.54) is 89.0 Å². The van der Waals surface area contributed by atoms with Crippen LogP contribution < -0.4 is 4.74 Å². The zero-order chi connectivity index (χ0) is 25.0. The molecule has 1 heterocycles. The molecular weight excluding hydrogens is 416 g/mol. The molecule has 1 atom stereocenters. The normalized spacial score (nSPS) is 13.9. The standard InChI is InChI=1S/C31H52N2O/c1-8-11-14-16-18-21-31(6,20-13-10-3)25-22-26-29(27(23-25)34-7)33-28(24-32-26)30(4,5)19-17-15-12-9-2/h22-24H,8-21H2,1-7H3. The lowest BCUT2D eigenvalue weighted by molar-refractivity contribution is 0.364. The van der Waals surface area contributed by atoms with Crippen LogP contribution in [-0.4, -0.2) is 17.1 Å². The van der Waals surface area contributed by atoms with Crippen molar-refractivity contribution in [1.82, 2.24) is 9.97 Å². The van der Waals surface area contributed by atoms with E-state index in [1.54, 1.807) is 7.11 Å². The summed E-state index contributed by atoms with van der Waals surface area (Å²) < 4.78 is 5.90. The zero-order valence-corrected chi connectivity index (χ0v) is 23.4. The highest BCUT2D eigenvalue weighted by molar-refractivity contribution is 5.82. The van der Waals surface area contributed by atoms with Crippen molar-refractivity contribution in [2.75, 3.05) is 7.11 Å². The van der Waals surface area contributed by atoms with Crippen LogP contribution in [0.3, 0.4) is 0 Å². The number of hydrogen-bond acceptors (Lipinski definition) is 3. The minimum atomic E-state index is 0.0206. The van der Waals surface area contributed by atoms with Gasteiger partial charge in [0.05, 0.1) is 18.3 Å². The maximum atomic E-state index is 5.90. The molecule has 0 aliphatic rings. The van der Waals surface area contributed by atoms with Crippen LogP contribution >= 0.6 is 0 Å². The van der Waals surface area contributed by atoms with Gasteiger partial charge in [0.2, 0.25) is 0 Å². The van der Waals surface area contributed by atoms with Crippen molar-refractivity contribution in [1.29, 1.82) is 0 Å². The van der Waals surface area contributed by atoms with Gasteiger partial charge in [0.25, 0.3) is 0 Å². The van der Waals surface area contributed by atoms with Crippen molar-refractivity contribution in [3.8, 4) is 5.75 Å². The Labute approximate surface area is 210 Å². The molecule has 0 saturated carbocycles. The van der Waals surface area contributed by atoms with Crippen molar-refractivity contribution in [2.24, 2.45) is 0 Å². The fourth-order valence-corrected chi connectivity index (χ4v) is 5.14. The number of nitrogens with zero attached hydrogens (tertiary/aromatic N) is 2. The number of unbranched alkanes of at least 4 members (excludes halogenated alkanes) is 8. The van der Waals surface area contributed by atoms with Gasteiger partial charge in [-0.15, -0.1) is 0 Å². The molecule has 1 aromatic heterocycles. The summed E-state index contributed by atoms with van der Waals surface area (Å²) >= 11 is 0. The SMILES string of the molecule is CCCCCCCC(C)(CCCC)c1cc(OC)c2nc(C(C)(C)CCCCCC)cnc2c1. The summed E-state index contributed by atoms with van der Waals surface area (Å²) in [5.41, 5.74) is 4.49. The van der Waals surface area contributed by atoms with Gasteiger partial charge in [0.15, 0.2) is 0 Å². The maximum absolute atomic E-state index is 5.90. The maximum Gasteiger partial charge on any atom is 0.147 e. The highest BCUT2D eigenvalue weighted by Gasteiger charge is 2.28. The summed E-state index contributed by atoms with van der Waals surface area (Å²) in [6.07, 6.45) is 19.8. The molecule has 0 N–H and O–H groups in total. The summed E-state index contributed by atoms with van der Waals surface area (Å²) in [4.78, 5) is 10.0. The van der Waals surface area contributed by atoms with E-state index in [0.717, 1.165) is 28.9 Å². The van der Waals surface area contributed by atoms with Gasteiger partial charge in [0, 0.05) is 11.6 Å². The Bertz CT molecular complexity index is 860. The lowest BCUT2D eigenvalue weighted by Crippen LogP contribution is -2.23. The average molecular weight is 469 g/mol. The molecule has 3 nitrogen and oxygen atoms in total. The molecule has 0 saturated heterocycles. The van der Waals surface area contributed by atoms with Gasteiger partial charge in [-0.25, -0.2) is 4.98 Å². The first-order valence-electron chi connectivity index (χ1n) is 14.2. The summed E-state index contributed by atoms with van der Waals surface area (Å²) in [6.45, 7) is 13.9. The predicted molar refractivity (Wildman–Crippen MR) is 148 cm³/mol. The van der Waals surface area contributed by atoms with Gasteiger partial charge in [-0.3, -0.25) is 4.98 Å². The van der Waals surface area contributed by atoms with Crippen LogP contribution in [0, 0.1) is 0 Å². The number of fused-ring (bicyclic) bond motifs is 1. The monoisotopic (exact) mass is 468 g/mol. The molecule has 34 heavy (non-hydrogen) atoms. The van der Waals surface area contributed by atoms with Gasteiger partial charge in [-0.05, 0) is 42.4 Å². The molecule has 0 bridgehead atoms. The number of aromatic nitrogens is 2. The number of ether oxygens (including phenoxy) is 1. The minimum Gasteiger partial charge on any atom is -0.494 e. The molecule has 0 fully saturated rings. The van der Waals surface area contributed by atoms with Crippen molar-refractivity contribution in [2.45, 2.75) is 142 Å². The Morgan fingerprint density at radius 3 is 1.97 bits per heavy atom. The third-order valence-electron chi connectivity index (χ3n) is 7.79. The van der Waals surface area contributed by atoms with Gasteiger partial charge in [-0.2, -0.15) is 0 Å². The molecule has 0 spiro atoms. The van der Waals surface area contributed by atoms with Crippen LogP contribution in [0.2, 0.25) is 0 Å². The first kappa shape index (κ1) is 28.6. The third-order valence-corrected chi connectivity index (χ3v) is 7.79. The van der Waals surface area contributed by atoms with E-state index in [0.29, 0.717) is 0 Å². The van der Waals surface area contributed by atoms with Crippen molar-refractivity contribution >= 4 is 11.0 Å².